The standard InChI is InChI=1S/C31H29F3N4O6S/c1-5-17-10-20(31(34)15-30(3,4)45(41,42)14-16(31)2)28(35-12-17)43-18-11-21(29(39)40)38(13-18)27-24-23(36-26(37-27)25(32)33)19-8-6-7-9-22(19)44-24/h1,6-10,12,16,18,21,25H,11,13-15H2,2-4H3,(H,39,40)/t16-,18-,21-,31-/m0/s1. The Hall–Kier alpha value is -4.38. The molecule has 0 aliphatic carbocycles. The first-order valence-corrected chi connectivity index (χ1v) is 15.8. The molecule has 2 aliphatic heterocycles. The van der Waals surface area contributed by atoms with E-state index in [9.17, 15) is 27.1 Å². The number of aromatic nitrogens is 3. The van der Waals surface area contributed by atoms with Gasteiger partial charge in [0.15, 0.2) is 27.1 Å². The maximum Gasteiger partial charge on any atom is 0.326 e. The van der Waals surface area contributed by atoms with Gasteiger partial charge in [0, 0.05) is 35.9 Å². The highest BCUT2D eigenvalue weighted by atomic mass is 32.2. The van der Waals surface area contributed by atoms with Gasteiger partial charge in [-0.15, -0.1) is 6.42 Å². The van der Waals surface area contributed by atoms with E-state index in [2.05, 4.69) is 20.9 Å². The molecule has 4 atom stereocenters. The van der Waals surface area contributed by atoms with Crippen molar-refractivity contribution >= 4 is 43.7 Å². The third-order valence-electron chi connectivity index (χ3n) is 8.75. The van der Waals surface area contributed by atoms with Crippen molar-refractivity contribution in [2.24, 2.45) is 5.92 Å². The second kappa shape index (κ2) is 10.6. The van der Waals surface area contributed by atoms with Crippen LogP contribution in [0.4, 0.5) is 19.0 Å². The monoisotopic (exact) mass is 642 g/mol. The largest absolute Gasteiger partial charge is 0.480 e. The molecule has 3 aromatic heterocycles. The van der Waals surface area contributed by atoms with Gasteiger partial charge in [0.05, 0.1) is 22.6 Å². The quantitative estimate of drug-likeness (QED) is 0.280. The fraction of sp³-hybridized carbons (Fsp3) is 0.419. The molecule has 6 rings (SSSR count). The lowest BCUT2D eigenvalue weighted by atomic mass is 9.78. The molecular weight excluding hydrogens is 613 g/mol. The van der Waals surface area contributed by atoms with Crippen molar-refractivity contribution in [1.29, 1.82) is 0 Å². The normalized spacial score (nSPS) is 25.9. The van der Waals surface area contributed by atoms with Crippen LogP contribution in [0.3, 0.4) is 0 Å². The minimum Gasteiger partial charge on any atom is -0.480 e. The second-order valence-corrected chi connectivity index (χ2v) is 14.8. The molecule has 14 heteroatoms. The molecule has 10 nitrogen and oxygen atoms in total. The van der Waals surface area contributed by atoms with Crippen LogP contribution in [0.2, 0.25) is 0 Å². The van der Waals surface area contributed by atoms with Crippen LogP contribution in [0, 0.1) is 18.3 Å². The summed E-state index contributed by atoms with van der Waals surface area (Å²) in [5.74, 6) is -1.35. The highest BCUT2D eigenvalue weighted by Gasteiger charge is 2.55. The number of aliphatic carboxylic acids is 1. The maximum atomic E-state index is 17.1. The minimum absolute atomic E-state index is 0.0341. The Balaban J connectivity index is 1.41. The second-order valence-electron chi connectivity index (χ2n) is 12.2. The van der Waals surface area contributed by atoms with Crippen LogP contribution in [-0.2, 0) is 20.3 Å². The van der Waals surface area contributed by atoms with Gasteiger partial charge in [-0.05, 0) is 32.0 Å². The van der Waals surface area contributed by atoms with Crippen molar-refractivity contribution in [2.75, 3.05) is 17.2 Å². The molecule has 5 heterocycles. The number of carboxylic acid groups (broad SMARTS) is 1. The number of alkyl halides is 3. The van der Waals surface area contributed by atoms with Crippen LogP contribution in [0.5, 0.6) is 5.88 Å². The van der Waals surface area contributed by atoms with Crippen LogP contribution in [0.25, 0.3) is 22.1 Å². The molecular formula is C31H29F3N4O6S. The Morgan fingerprint density at radius 2 is 2.00 bits per heavy atom. The Bertz CT molecular complexity index is 1990. The molecule has 45 heavy (non-hydrogen) atoms. The number of furan rings is 1. The van der Waals surface area contributed by atoms with E-state index in [0.717, 1.165) is 0 Å². The summed E-state index contributed by atoms with van der Waals surface area (Å²) >= 11 is 0. The first-order chi connectivity index (χ1) is 21.1. The summed E-state index contributed by atoms with van der Waals surface area (Å²) in [5.41, 5.74) is -1.50. The van der Waals surface area contributed by atoms with Gasteiger partial charge in [-0.2, -0.15) is 0 Å². The van der Waals surface area contributed by atoms with E-state index in [1.54, 1.807) is 24.3 Å². The van der Waals surface area contributed by atoms with Gasteiger partial charge in [0.2, 0.25) is 5.88 Å². The lowest BCUT2D eigenvalue weighted by Crippen LogP contribution is -2.51. The highest BCUT2D eigenvalue weighted by molar-refractivity contribution is 7.92. The van der Waals surface area contributed by atoms with Gasteiger partial charge in [0.25, 0.3) is 6.43 Å². The predicted octanol–water partition coefficient (Wildman–Crippen LogP) is 5.20. The molecule has 0 saturated carbocycles. The molecule has 2 fully saturated rings. The zero-order chi connectivity index (χ0) is 32.5. The molecule has 0 bridgehead atoms. The number of pyridine rings is 1. The van der Waals surface area contributed by atoms with Gasteiger partial charge >= 0.3 is 5.97 Å². The summed E-state index contributed by atoms with van der Waals surface area (Å²) in [4.78, 5) is 26.0. The van der Waals surface area contributed by atoms with Gasteiger partial charge < -0.3 is 19.2 Å². The number of carboxylic acids is 1. The van der Waals surface area contributed by atoms with Crippen molar-refractivity contribution in [1.82, 2.24) is 15.0 Å². The molecule has 4 aromatic rings. The topological polar surface area (TPSA) is 136 Å². The van der Waals surface area contributed by atoms with Crippen LogP contribution < -0.4 is 9.64 Å². The molecule has 2 saturated heterocycles. The molecule has 0 amide bonds. The first kappa shape index (κ1) is 30.6. The van der Waals surface area contributed by atoms with E-state index in [4.69, 9.17) is 15.6 Å². The van der Waals surface area contributed by atoms with E-state index in [-0.39, 0.29) is 53.3 Å². The van der Waals surface area contributed by atoms with Gasteiger partial charge in [-0.1, -0.05) is 25.0 Å². The van der Waals surface area contributed by atoms with Gasteiger partial charge in [-0.25, -0.2) is 41.3 Å². The average Bonchev–Trinajstić information content (AvgIpc) is 3.57. The van der Waals surface area contributed by atoms with Gasteiger partial charge in [-0.3, -0.25) is 0 Å². The maximum absolute atomic E-state index is 17.1. The molecule has 0 unspecified atom stereocenters. The lowest BCUT2D eigenvalue weighted by molar-refractivity contribution is -0.138. The Labute approximate surface area is 256 Å². The van der Waals surface area contributed by atoms with E-state index < -0.39 is 62.3 Å². The SMILES string of the molecule is C#Cc1cnc(O[C@H]2C[C@@H](C(=O)O)N(c3nc(C(F)F)nc4c3oc3ccccc34)C2)c([C@]2(F)CC(C)(C)S(=O)(=O)C[C@@H]2C)c1. The lowest BCUT2D eigenvalue weighted by Gasteiger charge is -2.44. The van der Waals surface area contributed by atoms with Crippen molar-refractivity contribution in [3.05, 3.63) is 53.5 Å². The number of rotatable bonds is 6. The first-order valence-electron chi connectivity index (χ1n) is 14.2. The molecule has 1 aromatic carbocycles. The van der Waals surface area contributed by atoms with Crippen LogP contribution in [0.1, 0.15) is 57.0 Å². The smallest absolute Gasteiger partial charge is 0.326 e. The molecule has 0 radical (unpaired) electrons. The molecule has 1 N–H and O–H groups in total. The minimum atomic E-state index is -3.62. The van der Waals surface area contributed by atoms with Crippen molar-refractivity contribution in [3.63, 3.8) is 0 Å². The summed E-state index contributed by atoms with van der Waals surface area (Å²) in [6.07, 6.45) is 2.39. The Kier molecular flexibility index (Phi) is 7.23. The van der Waals surface area contributed by atoms with E-state index in [0.29, 0.717) is 11.0 Å². The molecule has 2 aliphatic rings. The number of hydrogen-bond donors (Lipinski definition) is 1. The third-order valence-corrected chi connectivity index (χ3v) is 11.5. The van der Waals surface area contributed by atoms with Crippen molar-refractivity contribution < 1.29 is 40.6 Å². The van der Waals surface area contributed by atoms with Gasteiger partial charge in [0.1, 0.15) is 28.9 Å². The number of fused-ring (bicyclic) bond motifs is 3. The van der Waals surface area contributed by atoms with E-state index in [1.165, 1.54) is 37.9 Å². The fourth-order valence-electron chi connectivity index (χ4n) is 6.27. The molecule has 0 spiro atoms. The summed E-state index contributed by atoms with van der Waals surface area (Å²) < 4.78 is 81.3. The summed E-state index contributed by atoms with van der Waals surface area (Å²) in [6.45, 7) is 4.25. The number of carbonyl (C=O) groups is 1. The van der Waals surface area contributed by atoms with Crippen molar-refractivity contribution in [3.8, 4) is 18.2 Å². The number of terminal acetylenes is 1. The number of para-hydroxylation sites is 1. The average molecular weight is 643 g/mol. The summed E-state index contributed by atoms with van der Waals surface area (Å²) in [5, 5.41) is 10.6. The number of benzene rings is 1. The Morgan fingerprint density at radius 3 is 2.69 bits per heavy atom. The molecule has 236 valence electrons. The summed E-state index contributed by atoms with van der Waals surface area (Å²) in [6, 6.07) is 6.78. The van der Waals surface area contributed by atoms with Crippen LogP contribution in [-0.4, -0.2) is 63.6 Å². The number of halogens is 3. The van der Waals surface area contributed by atoms with E-state index in [1.807, 2.05) is 0 Å². The fourth-order valence-corrected chi connectivity index (χ4v) is 8.07. The van der Waals surface area contributed by atoms with Crippen molar-refractivity contribution in [2.45, 2.75) is 62.6 Å². The number of nitrogens with zero attached hydrogens (tertiary/aromatic N) is 4. The number of hydrogen-bond acceptors (Lipinski definition) is 9. The third kappa shape index (κ3) is 5.03. The number of ether oxygens (including phenoxy) is 1. The predicted molar refractivity (Wildman–Crippen MR) is 159 cm³/mol. The highest BCUT2D eigenvalue weighted by Crippen LogP contribution is 2.51. The van der Waals surface area contributed by atoms with Crippen LogP contribution >= 0.6 is 0 Å². The van der Waals surface area contributed by atoms with Crippen LogP contribution in [0.15, 0.2) is 40.9 Å². The summed E-state index contributed by atoms with van der Waals surface area (Å²) in [7, 11) is -3.62. The number of anilines is 1. The van der Waals surface area contributed by atoms with E-state index >= 15 is 4.39 Å². The Morgan fingerprint density at radius 1 is 1.27 bits per heavy atom. The number of sulfone groups is 1. The zero-order valence-electron chi connectivity index (χ0n) is 24.5. The zero-order valence-corrected chi connectivity index (χ0v) is 25.3.